The highest BCUT2D eigenvalue weighted by molar-refractivity contribution is 8.71. The molecule has 8 nitrogen and oxygen atoms in total. The molecule has 0 bridgehead atoms. The van der Waals surface area contributed by atoms with Crippen LogP contribution in [0.25, 0.3) is 0 Å². The van der Waals surface area contributed by atoms with Crippen molar-refractivity contribution in [2.24, 2.45) is 0 Å². The Kier molecular flexibility index (Phi) is 11.4. The van der Waals surface area contributed by atoms with E-state index in [0.29, 0.717) is 17.1 Å². The molecule has 1 aliphatic heterocycles. The zero-order chi connectivity index (χ0) is 33.3. The predicted octanol–water partition coefficient (Wildman–Crippen LogP) is 5.90. The highest BCUT2D eigenvalue weighted by atomic mass is 33.1. The third-order valence-corrected chi connectivity index (χ3v) is 10.8. The summed E-state index contributed by atoms with van der Waals surface area (Å²) in [5, 5.41) is 1.66. The van der Waals surface area contributed by atoms with Crippen molar-refractivity contribution in [3.05, 3.63) is 150 Å². The van der Waals surface area contributed by atoms with Crippen molar-refractivity contribution in [1.82, 2.24) is 10.2 Å². The molecule has 1 saturated heterocycles. The summed E-state index contributed by atoms with van der Waals surface area (Å²) in [6, 6.07) is 32.9. The molecule has 1 N–H and O–H groups in total. The van der Waals surface area contributed by atoms with Crippen LogP contribution in [0.4, 0.5) is 0 Å². The zero-order valence-corrected chi connectivity index (χ0v) is 27.7. The van der Waals surface area contributed by atoms with E-state index in [4.69, 9.17) is 9.47 Å². The van der Waals surface area contributed by atoms with Crippen molar-refractivity contribution in [2.45, 2.75) is 43.2 Å². The SMILES string of the molecule is C=C(C)C(C(=O)OC(c1ccccc1)c1ccccc1)N1C(=O)C(NC(=O)COc2ccc(C)cc2)C1[S+]([O-])SCc1ccccc1. The van der Waals surface area contributed by atoms with Crippen LogP contribution in [0.2, 0.25) is 0 Å². The number of benzene rings is 4. The Balaban J connectivity index is 1.37. The van der Waals surface area contributed by atoms with Gasteiger partial charge in [0.25, 0.3) is 11.8 Å². The average molecular weight is 669 g/mol. The number of nitrogens with one attached hydrogen (secondary N) is 1. The van der Waals surface area contributed by atoms with Crippen molar-refractivity contribution in [2.75, 3.05) is 6.61 Å². The zero-order valence-electron chi connectivity index (χ0n) is 26.1. The highest BCUT2D eigenvalue weighted by Crippen LogP contribution is 2.38. The number of rotatable bonds is 14. The van der Waals surface area contributed by atoms with Gasteiger partial charge in [0, 0.05) is 10.2 Å². The van der Waals surface area contributed by atoms with Gasteiger partial charge in [0.15, 0.2) is 24.8 Å². The lowest BCUT2D eigenvalue weighted by atomic mass is 9.98. The second-order valence-electron chi connectivity index (χ2n) is 11.2. The monoisotopic (exact) mass is 668 g/mol. The van der Waals surface area contributed by atoms with Gasteiger partial charge in [0.2, 0.25) is 5.37 Å². The fourth-order valence-corrected chi connectivity index (χ4v) is 8.37. The van der Waals surface area contributed by atoms with Crippen molar-refractivity contribution in [3.63, 3.8) is 0 Å². The van der Waals surface area contributed by atoms with Gasteiger partial charge in [-0.25, -0.2) is 4.79 Å². The first kappa shape index (κ1) is 33.8. The van der Waals surface area contributed by atoms with Crippen molar-refractivity contribution in [1.29, 1.82) is 0 Å². The van der Waals surface area contributed by atoms with Crippen molar-refractivity contribution in [3.8, 4) is 5.75 Å². The lowest BCUT2D eigenvalue weighted by Crippen LogP contribution is -2.76. The predicted molar refractivity (Wildman–Crippen MR) is 185 cm³/mol. The fraction of sp³-hybridized carbons (Fsp3) is 0.216. The third kappa shape index (κ3) is 8.45. The van der Waals surface area contributed by atoms with Gasteiger partial charge in [-0.1, -0.05) is 115 Å². The Labute approximate surface area is 281 Å². The molecule has 5 rings (SSSR count). The highest BCUT2D eigenvalue weighted by Gasteiger charge is 2.60. The summed E-state index contributed by atoms with van der Waals surface area (Å²) in [6.45, 7) is 7.22. The maximum absolute atomic E-state index is 14.0. The molecule has 4 unspecified atom stereocenters. The van der Waals surface area contributed by atoms with E-state index in [1.54, 1.807) is 19.1 Å². The molecule has 4 atom stereocenters. The van der Waals surface area contributed by atoms with Gasteiger partial charge in [0.05, 0.1) is 16.5 Å². The third-order valence-electron chi connectivity index (χ3n) is 7.58. The molecule has 1 aliphatic rings. The Morgan fingerprint density at radius 1 is 0.915 bits per heavy atom. The van der Waals surface area contributed by atoms with Gasteiger partial charge in [-0.2, -0.15) is 0 Å². The van der Waals surface area contributed by atoms with Crippen molar-refractivity contribution >= 4 is 38.8 Å². The van der Waals surface area contributed by atoms with Crippen molar-refractivity contribution < 1.29 is 28.4 Å². The molecule has 1 heterocycles. The molecular formula is C37H36N2O6S2. The number of nitrogens with zero attached hydrogens (tertiary/aromatic N) is 1. The number of aryl methyl sites for hydroxylation is 1. The van der Waals surface area contributed by atoms with E-state index in [9.17, 15) is 18.9 Å². The van der Waals surface area contributed by atoms with Gasteiger partial charge < -0.3 is 19.3 Å². The number of amides is 2. The fourth-order valence-electron chi connectivity index (χ4n) is 5.18. The van der Waals surface area contributed by atoms with E-state index in [2.05, 4.69) is 11.9 Å². The van der Waals surface area contributed by atoms with Gasteiger partial charge in [-0.3, -0.25) is 14.5 Å². The topological polar surface area (TPSA) is 108 Å². The molecule has 4 aromatic carbocycles. The summed E-state index contributed by atoms with van der Waals surface area (Å²) in [6.07, 6.45) is -0.756. The van der Waals surface area contributed by atoms with Crippen LogP contribution in [0.1, 0.15) is 35.3 Å². The lowest BCUT2D eigenvalue weighted by Gasteiger charge is -2.48. The normalized spacial score (nSPS) is 16.9. The number of carbonyl (C=O) groups excluding carboxylic acids is 3. The maximum atomic E-state index is 14.0. The van der Waals surface area contributed by atoms with Crippen LogP contribution in [0.3, 0.4) is 0 Å². The van der Waals surface area contributed by atoms with Crippen LogP contribution in [0.5, 0.6) is 5.75 Å². The van der Waals surface area contributed by atoms with Gasteiger partial charge in [0.1, 0.15) is 5.75 Å². The Bertz CT molecular complexity index is 1630. The van der Waals surface area contributed by atoms with E-state index in [1.807, 2.05) is 110 Å². The number of hydrogen-bond donors (Lipinski definition) is 1. The standard InChI is InChI=1S/C37H36N2O6S2/c1-25(2)33(37(42)45-34(28-15-9-5-10-16-28)29-17-11-6-12-18-29)39-35(41)32(36(39)47(43)46-24-27-13-7-4-8-14-27)38-31(40)23-44-30-21-19-26(3)20-22-30/h4-22,32-34,36H,1,23-24H2,2-3H3,(H,38,40). The molecular weight excluding hydrogens is 633 g/mol. The van der Waals surface area contributed by atoms with Crippen LogP contribution in [-0.2, 0) is 35.1 Å². The number of β-lactam (4-membered cyclic amide) rings is 1. The molecule has 0 spiro atoms. The van der Waals surface area contributed by atoms with Gasteiger partial charge in [-0.15, -0.1) is 0 Å². The summed E-state index contributed by atoms with van der Waals surface area (Å²) in [5.74, 6) is -0.932. The Hall–Kier alpha value is -4.51. The number of likely N-dealkylation sites (tertiary alicyclic amines) is 1. The summed E-state index contributed by atoms with van der Waals surface area (Å²) in [5.41, 5.74) is 3.83. The Morgan fingerprint density at radius 3 is 2.02 bits per heavy atom. The van der Waals surface area contributed by atoms with E-state index in [1.165, 1.54) is 4.90 Å². The van der Waals surface area contributed by atoms with Crippen LogP contribution in [-0.4, -0.2) is 51.3 Å². The van der Waals surface area contributed by atoms with E-state index in [0.717, 1.165) is 33.0 Å². The maximum Gasteiger partial charge on any atom is 0.334 e. The molecule has 0 aromatic heterocycles. The summed E-state index contributed by atoms with van der Waals surface area (Å²) < 4.78 is 25.6. The second-order valence-corrected chi connectivity index (χ2v) is 14.4. The largest absolute Gasteiger partial charge is 0.603 e. The molecule has 1 fully saturated rings. The number of ether oxygens (including phenoxy) is 2. The van der Waals surface area contributed by atoms with E-state index >= 15 is 0 Å². The first-order chi connectivity index (χ1) is 22.7. The average Bonchev–Trinajstić information content (AvgIpc) is 3.09. The van der Waals surface area contributed by atoms with Crippen LogP contribution >= 0.6 is 10.8 Å². The number of esters is 1. The molecule has 0 saturated carbocycles. The van der Waals surface area contributed by atoms with Crippen LogP contribution in [0.15, 0.2) is 127 Å². The summed E-state index contributed by atoms with van der Waals surface area (Å²) in [7, 11) is -0.615. The van der Waals surface area contributed by atoms with Crippen LogP contribution < -0.4 is 10.1 Å². The molecule has 0 aliphatic carbocycles. The second kappa shape index (κ2) is 15.9. The quantitative estimate of drug-likeness (QED) is 0.0586. The molecule has 242 valence electrons. The van der Waals surface area contributed by atoms with Gasteiger partial charge >= 0.3 is 5.97 Å². The minimum atomic E-state index is -1.74. The van der Waals surface area contributed by atoms with Crippen LogP contribution in [0, 0.1) is 6.92 Å². The minimum Gasteiger partial charge on any atom is -0.603 e. The van der Waals surface area contributed by atoms with E-state index < -0.39 is 51.6 Å². The molecule has 2 amide bonds. The van der Waals surface area contributed by atoms with E-state index in [-0.39, 0.29) is 6.61 Å². The molecule has 10 heteroatoms. The number of hydrogen-bond acceptors (Lipinski definition) is 7. The Morgan fingerprint density at radius 2 is 1.47 bits per heavy atom. The molecule has 47 heavy (non-hydrogen) atoms. The lowest BCUT2D eigenvalue weighted by molar-refractivity contribution is -0.165. The first-order valence-corrected chi connectivity index (χ1v) is 17.8. The summed E-state index contributed by atoms with van der Waals surface area (Å²) >= 11 is 0. The number of carbonyl (C=O) groups is 3. The van der Waals surface area contributed by atoms with Gasteiger partial charge in [-0.05, 0) is 48.2 Å². The summed E-state index contributed by atoms with van der Waals surface area (Å²) in [4.78, 5) is 41.9. The minimum absolute atomic E-state index is 0.339. The first-order valence-electron chi connectivity index (χ1n) is 15.1. The molecule has 4 aromatic rings. The molecule has 0 radical (unpaired) electrons. The smallest absolute Gasteiger partial charge is 0.334 e.